The normalized spacial score (nSPS) is 14.2. The van der Waals surface area contributed by atoms with Crippen molar-refractivity contribution in [3.8, 4) is 11.5 Å². The van der Waals surface area contributed by atoms with Crippen molar-refractivity contribution in [2.75, 3.05) is 44.3 Å². The molecule has 2 aromatic rings. The van der Waals surface area contributed by atoms with Crippen LogP contribution in [0.2, 0.25) is 0 Å². The number of hydrogen-bond donors (Lipinski definition) is 0. The van der Waals surface area contributed by atoms with Gasteiger partial charge in [-0.25, -0.2) is 0 Å². The van der Waals surface area contributed by atoms with E-state index < -0.39 is 0 Å². The number of piperazine rings is 1. The topological polar surface area (TPSA) is 42.0 Å². The third-order valence-corrected chi connectivity index (χ3v) is 4.89. The zero-order valence-electron chi connectivity index (χ0n) is 16.4. The zero-order valence-corrected chi connectivity index (χ0v) is 16.4. The molecule has 144 valence electrons. The Kier molecular flexibility index (Phi) is 6.22. The Morgan fingerprint density at radius 3 is 2.26 bits per heavy atom. The highest BCUT2D eigenvalue weighted by Gasteiger charge is 2.23. The lowest BCUT2D eigenvalue weighted by molar-refractivity contribution is -0.133. The minimum atomic E-state index is 0.0374. The number of amides is 1. The van der Waals surface area contributed by atoms with Gasteiger partial charge in [0.25, 0.3) is 5.91 Å². The maximum absolute atomic E-state index is 12.6. The van der Waals surface area contributed by atoms with E-state index in [2.05, 4.69) is 11.0 Å². The van der Waals surface area contributed by atoms with Crippen molar-refractivity contribution in [3.05, 3.63) is 53.6 Å². The monoisotopic (exact) mass is 368 g/mol. The number of para-hydroxylation sites is 3. The van der Waals surface area contributed by atoms with Gasteiger partial charge in [-0.3, -0.25) is 4.79 Å². The van der Waals surface area contributed by atoms with Gasteiger partial charge >= 0.3 is 0 Å². The number of hydrogen-bond acceptors (Lipinski definition) is 4. The van der Waals surface area contributed by atoms with Crippen LogP contribution in [0.15, 0.2) is 42.5 Å². The molecule has 27 heavy (non-hydrogen) atoms. The van der Waals surface area contributed by atoms with E-state index >= 15 is 0 Å². The van der Waals surface area contributed by atoms with E-state index in [9.17, 15) is 4.79 Å². The van der Waals surface area contributed by atoms with Crippen molar-refractivity contribution in [1.29, 1.82) is 0 Å². The van der Waals surface area contributed by atoms with Crippen LogP contribution >= 0.6 is 0 Å². The van der Waals surface area contributed by atoms with Crippen LogP contribution in [0.25, 0.3) is 0 Å². The van der Waals surface area contributed by atoms with Gasteiger partial charge in [0.2, 0.25) is 0 Å². The van der Waals surface area contributed by atoms with E-state index in [0.717, 1.165) is 41.4 Å². The molecule has 0 spiro atoms. The molecular formula is C22H28N2O3. The fourth-order valence-electron chi connectivity index (χ4n) is 3.44. The van der Waals surface area contributed by atoms with Crippen LogP contribution < -0.4 is 14.4 Å². The Labute approximate surface area is 161 Å². The second-order valence-corrected chi connectivity index (χ2v) is 6.78. The van der Waals surface area contributed by atoms with Crippen LogP contribution in [0.5, 0.6) is 11.5 Å². The summed E-state index contributed by atoms with van der Waals surface area (Å²) in [7, 11) is 0. The predicted molar refractivity (Wildman–Crippen MR) is 108 cm³/mol. The molecule has 5 nitrogen and oxygen atoms in total. The summed E-state index contributed by atoms with van der Waals surface area (Å²) in [5.41, 5.74) is 3.21. The van der Waals surface area contributed by atoms with Crippen LogP contribution in [-0.2, 0) is 4.79 Å². The molecule has 0 radical (unpaired) electrons. The Bertz CT molecular complexity index is 763. The number of anilines is 1. The van der Waals surface area contributed by atoms with Gasteiger partial charge in [0, 0.05) is 26.2 Å². The second kappa shape index (κ2) is 8.80. The molecule has 5 heteroatoms. The van der Waals surface area contributed by atoms with Gasteiger partial charge in [0.15, 0.2) is 6.61 Å². The maximum atomic E-state index is 12.6. The molecule has 1 saturated heterocycles. The summed E-state index contributed by atoms with van der Waals surface area (Å²) >= 11 is 0. The summed E-state index contributed by atoms with van der Waals surface area (Å²) in [5.74, 6) is 1.75. The predicted octanol–water partition coefficient (Wildman–Crippen LogP) is 3.43. The fraction of sp³-hybridized carbons (Fsp3) is 0.409. The van der Waals surface area contributed by atoms with Crippen molar-refractivity contribution in [1.82, 2.24) is 4.90 Å². The van der Waals surface area contributed by atoms with Crippen LogP contribution in [0.1, 0.15) is 18.1 Å². The van der Waals surface area contributed by atoms with Crippen molar-refractivity contribution in [2.24, 2.45) is 0 Å². The molecule has 1 amide bonds. The largest absolute Gasteiger partial charge is 0.492 e. The van der Waals surface area contributed by atoms with Crippen LogP contribution in [0.4, 0.5) is 5.69 Å². The van der Waals surface area contributed by atoms with Crippen LogP contribution in [0, 0.1) is 13.8 Å². The molecule has 0 aromatic heterocycles. The first kappa shape index (κ1) is 19.1. The van der Waals surface area contributed by atoms with Gasteiger partial charge in [-0.1, -0.05) is 30.3 Å². The number of carbonyl (C=O) groups is 1. The molecule has 0 atom stereocenters. The number of benzene rings is 2. The smallest absolute Gasteiger partial charge is 0.260 e. The Morgan fingerprint density at radius 2 is 1.59 bits per heavy atom. The van der Waals surface area contributed by atoms with Crippen LogP contribution in [0.3, 0.4) is 0 Å². The van der Waals surface area contributed by atoms with E-state index in [1.807, 2.05) is 62.1 Å². The van der Waals surface area contributed by atoms with E-state index in [0.29, 0.717) is 19.7 Å². The molecule has 3 rings (SSSR count). The number of ether oxygens (including phenoxy) is 2. The molecule has 1 fully saturated rings. The van der Waals surface area contributed by atoms with Crippen molar-refractivity contribution < 1.29 is 14.3 Å². The Balaban J connectivity index is 1.55. The highest BCUT2D eigenvalue weighted by Crippen LogP contribution is 2.29. The van der Waals surface area contributed by atoms with Gasteiger partial charge in [0.1, 0.15) is 11.5 Å². The van der Waals surface area contributed by atoms with Crippen LogP contribution in [-0.4, -0.2) is 50.2 Å². The van der Waals surface area contributed by atoms with E-state index in [-0.39, 0.29) is 12.5 Å². The van der Waals surface area contributed by atoms with E-state index in [1.165, 1.54) is 0 Å². The van der Waals surface area contributed by atoms with Crippen molar-refractivity contribution in [2.45, 2.75) is 20.8 Å². The first-order valence-corrected chi connectivity index (χ1v) is 9.53. The molecule has 0 N–H and O–H groups in total. The molecule has 1 aliphatic heterocycles. The quantitative estimate of drug-likeness (QED) is 0.783. The molecule has 1 heterocycles. The van der Waals surface area contributed by atoms with Gasteiger partial charge in [-0.05, 0) is 44.0 Å². The summed E-state index contributed by atoms with van der Waals surface area (Å²) in [6.45, 7) is 9.68. The minimum absolute atomic E-state index is 0.0374. The van der Waals surface area contributed by atoms with Crippen molar-refractivity contribution in [3.63, 3.8) is 0 Å². The van der Waals surface area contributed by atoms with Gasteiger partial charge < -0.3 is 19.3 Å². The number of carbonyl (C=O) groups excluding carboxylic acids is 1. The SMILES string of the molecule is CCOc1ccccc1N1CCN(C(=O)COc2c(C)cccc2C)CC1. The van der Waals surface area contributed by atoms with E-state index in [1.54, 1.807) is 0 Å². The Hall–Kier alpha value is -2.69. The van der Waals surface area contributed by atoms with Crippen molar-refractivity contribution >= 4 is 11.6 Å². The number of rotatable bonds is 6. The first-order valence-electron chi connectivity index (χ1n) is 9.53. The lowest BCUT2D eigenvalue weighted by Crippen LogP contribution is -2.50. The highest BCUT2D eigenvalue weighted by atomic mass is 16.5. The number of aryl methyl sites for hydroxylation is 2. The molecule has 2 aromatic carbocycles. The molecular weight excluding hydrogens is 340 g/mol. The summed E-state index contributed by atoms with van der Waals surface area (Å²) in [6, 6.07) is 14.1. The lowest BCUT2D eigenvalue weighted by Gasteiger charge is -2.36. The third-order valence-electron chi connectivity index (χ3n) is 4.89. The molecule has 0 saturated carbocycles. The summed E-state index contributed by atoms with van der Waals surface area (Å²) in [6.07, 6.45) is 0. The van der Waals surface area contributed by atoms with Gasteiger partial charge in [-0.15, -0.1) is 0 Å². The maximum Gasteiger partial charge on any atom is 0.260 e. The first-order chi connectivity index (χ1) is 13.1. The summed E-state index contributed by atoms with van der Waals surface area (Å²) < 4.78 is 11.6. The summed E-state index contributed by atoms with van der Waals surface area (Å²) in [5, 5.41) is 0. The molecule has 0 unspecified atom stereocenters. The highest BCUT2D eigenvalue weighted by molar-refractivity contribution is 5.78. The molecule has 0 bridgehead atoms. The van der Waals surface area contributed by atoms with E-state index in [4.69, 9.17) is 9.47 Å². The average Bonchev–Trinajstić information content (AvgIpc) is 2.68. The Morgan fingerprint density at radius 1 is 0.926 bits per heavy atom. The fourth-order valence-corrected chi connectivity index (χ4v) is 3.44. The summed E-state index contributed by atoms with van der Waals surface area (Å²) in [4.78, 5) is 16.7. The second-order valence-electron chi connectivity index (χ2n) is 6.78. The zero-order chi connectivity index (χ0) is 19.2. The third kappa shape index (κ3) is 4.54. The average molecular weight is 368 g/mol. The van der Waals surface area contributed by atoms with Gasteiger partial charge in [0.05, 0.1) is 12.3 Å². The minimum Gasteiger partial charge on any atom is -0.492 e. The molecule has 0 aliphatic carbocycles. The standard InChI is InChI=1S/C22H28N2O3/c1-4-26-20-11-6-5-10-19(20)23-12-14-24(15-13-23)21(25)16-27-22-17(2)8-7-9-18(22)3/h5-11H,4,12-16H2,1-3H3. The number of nitrogens with zero attached hydrogens (tertiary/aromatic N) is 2. The molecule has 1 aliphatic rings. The van der Waals surface area contributed by atoms with Gasteiger partial charge in [-0.2, -0.15) is 0 Å². The lowest BCUT2D eigenvalue weighted by atomic mass is 10.1.